The quantitative estimate of drug-likeness (QED) is 0.624. The van der Waals surface area contributed by atoms with Gasteiger partial charge in [-0.25, -0.2) is 8.42 Å². The topological polar surface area (TPSA) is 93.7 Å². The summed E-state index contributed by atoms with van der Waals surface area (Å²) in [6, 6.07) is 2.30. The van der Waals surface area contributed by atoms with Gasteiger partial charge in [0.15, 0.2) is 6.29 Å². The summed E-state index contributed by atoms with van der Waals surface area (Å²) in [6.45, 7) is 3.96. The van der Waals surface area contributed by atoms with E-state index in [0.29, 0.717) is 12.1 Å². The van der Waals surface area contributed by atoms with Gasteiger partial charge in [-0.15, -0.1) is 0 Å². The van der Waals surface area contributed by atoms with E-state index in [9.17, 15) is 26.4 Å². The van der Waals surface area contributed by atoms with E-state index in [1.165, 1.54) is 0 Å². The molecule has 0 aliphatic heterocycles. The second-order valence-electron chi connectivity index (χ2n) is 5.22. The molecule has 0 radical (unpaired) electrons. The first-order valence-electron chi connectivity index (χ1n) is 7.68. The molecule has 0 saturated carbocycles. The van der Waals surface area contributed by atoms with Crippen molar-refractivity contribution in [1.29, 1.82) is 0 Å². The molecular weight excluding hydrogens is 377 g/mol. The van der Waals surface area contributed by atoms with E-state index in [1.807, 2.05) is 0 Å². The van der Waals surface area contributed by atoms with Gasteiger partial charge in [0, 0.05) is 13.2 Å². The second-order valence-corrected chi connectivity index (χ2v) is 6.97. The third-order valence-electron chi connectivity index (χ3n) is 2.97. The molecule has 1 rings (SSSR count). The third kappa shape index (κ3) is 7.58. The molecule has 0 fully saturated rings. The van der Waals surface area contributed by atoms with Gasteiger partial charge in [0.2, 0.25) is 15.9 Å². The van der Waals surface area contributed by atoms with Crippen molar-refractivity contribution in [2.45, 2.75) is 32.7 Å². The van der Waals surface area contributed by atoms with E-state index in [2.05, 4.69) is 10.0 Å². The monoisotopic (exact) mass is 398 g/mol. The minimum Gasteiger partial charge on any atom is -0.352 e. The fraction of sp³-hybridized carbons (Fsp3) is 0.533. The van der Waals surface area contributed by atoms with Gasteiger partial charge in [-0.05, 0) is 32.0 Å². The zero-order valence-electron chi connectivity index (χ0n) is 14.5. The van der Waals surface area contributed by atoms with Gasteiger partial charge in [-0.1, -0.05) is 0 Å². The SMILES string of the molecule is CCOC(CC(=O)Nc1cc(C(F)(F)F)ccc1NS(C)(=O)=O)OCC. The number of rotatable bonds is 9. The second kappa shape index (κ2) is 9.19. The van der Waals surface area contributed by atoms with Crippen LogP contribution in [0, 0.1) is 0 Å². The first-order chi connectivity index (χ1) is 12.0. The fourth-order valence-electron chi connectivity index (χ4n) is 2.00. The van der Waals surface area contributed by atoms with Crippen LogP contribution in [0.4, 0.5) is 24.5 Å². The molecule has 0 heterocycles. The molecule has 1 aromatic carbocycles. The van der Waals surface area contributed by atoms with Crippen LogP contribution in [0.3, 0.4) is 0 Å². The van der Waals surface area contributed by atoms with Crippen molar-refractivity contribution in [1.82, 2.24) is 0 Å². The Morgan fingerprint density at radius 2 is 1.73 bits per heavy atom. The first-order valence-corrected chi connectivity index (χ1v) is 9.57. The normalized spacial score (nSPS) is 12.3. The first kappa shape index (κ1) is 22.2. The Balaban J connectivity index is 3.08. The average Bonchev–Trinajstić information content (AvgIpc) is 2.47. The van der Waals surface area contributed by atoms with Crippen LogP contribution in [0.1, 0.15) is 25.8 Å². The molecule has 0 aliphatic rings. The van der Waals surface area contributed by atoms with E-state index in [0.717, 1.165) is 12.3 Å². The summed E-state index contributed by atoms with van der Waals surface area (Å²) in [6.07, 6.45) is -4.93. The zero-order chi connectivity index (χ0) is 20.0. The van der Waals surface area contributed by atoms with Crippen LogP contribution in [-0.4, -0.2) is 40.1 Å². The van der Waals surface area contributed by atoms with Gasteiger partial charge in [0.25, 0.3) is 0 Å². The largest absolute Gasteiger partial charge is 0.416 e. The van der Waals surface area contributed by atoms with Crippen LogP contribution in [0.15, 0.2) is 18.2 Å². The number of halogens is 3. The van der Waals surface area contributed by atoms with Crippen molar-refractivity contribution in [3.8, 4) is 0 Å². The maximum Gasteiger partial charge on any atom is 0.416 e. The Kier molecular flexibility index (Phi) is 7.85. The molecule has 2 N–H and O–H groups in total. The van der Waals surface area contributed by atoms with Gasteiger partial charge in [-0.3, -0.25) is 9.52 Å². The van der Waals surface area contributed by atoms with Crippen molar-refractivity contribution in [2.75, 3.05) is 29.5 Å². The molecular formula is C15H21F3N2O5S. The molecule has 1 aromatic rings. The van der Waals surface area contributed by atoms with E-state index in [4.69, 9.17) is 9.47 Å². The number of hydrogen-bond donors (Lipinski definition) is 2. The van der Waals surface area contributed by atoms with Crippen molar-refractivity contribution in [3.63, 3.8) is 0 Å². The Labute approximate surface area is 149 Å². The highest BCUT2D eigenvalue weighted by Crippen LogP contribution is 2.34. The lowest BCUT2D eigenvalue weighted by molar-refractivity contribution is -0.150. The Hall–Kier alpha value is -1.85. The Morgan fingerprint density at radius 3 is 2.19 bits per heavy atom. The van der Waals surface area contributed by atoms with Crippen LogP contribution in [-0.2, 0) is 30.5 Å². The molecule has 148 valence electrons. The van der Waals surface area contributed by atoms with E-state index in [-0.39, 0.29) is 31.0 Å². The predicted octanol–water partition coefficient (Wildman–Crippen LogP) is 2.80. The summed E-state index contributed by atoms with van der Waals surface area (Å²) >= 11 is 0. The summed E-state index contributed by atoms with van der Waals surface area (Å²) in [5.41, 5.74) is -1.53. The number of alkyl halides is 3. The van der Waals surface area contributed by atoms with Crippen LogP contribution in [0.2, 0.25) is 0 Å². The summed E-state index contributed by atoms with van der Waals surface area (Å²) in [5.74, 6) is -0.687. The van der Waals surface area contributed by atoms with Gasteiger partial charge >= 0.3 is 6.18 Å². The van der Waals surface area contributed by atoms with Crippen molar-refractivity contribution >= 4 is 27.3 Å². The van der Waals surface area contributed by atoms with Crippen LogP contribution in [0.5, 0.6) is 0 Å². The standard InChI is InChI=1S/C15H21F3N2O5S/c1-4-24-14(25-5-2)9-13(21)19-12-8-10(15(16,17)18)6-7-11(12)20-26(3,22)23/h6-8,14,20H,4-5,9H2,1-3H3,(H,19,21). The van der Waals surface area contributed by atoms with Crippen molar-refractivity contribution in [2.24, 2.45) is 0 Å². The number of anilines is 2. The third-order valence-corrected chi connectivity index (χ3v) is 3.56. The molecule has 1 amide bonds. The minimum absolute atomic E-state index is 0.182. The molecule has 0 saturated heterocycles. The molecule has 0 aliphatic carbocycles. The van der Waals surface area contributed by atoms with Crippen molar-refractivity contribution < 1.29 is 35.9 Å². The number of nitrogens with one attached hydrogen (secondary N) is 2. The van der Waals surface area contributed by atoms with E-state index >= 15 is 0 Å². The number of sulfonamides is 1. The lowest BCUT2D eigenvalue weighted by atomic mass is 10.1. The minimum atomic E-state index is -4.65. The fourth-order valence-corrected chi connectivity index (χ4v) is 2.58. The molecule has 0 atom stereocenters. The summed E-state index contributed by atoms with van der Waals surface area (Å²) in [7, 11) is -3.76. The van der Waals surface area contributed by atoms with Crippen LogP contribution in [0.25, 0.3) is 0 Å². The molecule has 0 bridgehead atoms. The number of amides is 1. The summed E-state index contributed by atoms with van der Waals surface area (Å²) < 4.78 is 73.9. The van der Waals surface area contributed by atoms with E-state index in [1.54, 1.807) is 13.8 Å². The van der Waals surface area contributed by atoms with Crippen molar-refractivity contribution in [3.05, 3.63) is 23.8 Å². The number of ether oxygens (including phenoxy) is 2. The maximum atomic E-state index is 12.9. The lowest BCUT2D eigenvalue weighted by Crippen LogP contribution is -2.25. The van der Waals surface area contributed by atoms with Crippen LogP contribution < -0.4 is 10.0 Å². The number of hydrogen-bond acceptors (Lipinski definition) is 5. The maximum absolute atomic E-state index is 12.9. The van der Waals surface area contributed by atoms with Gasteiger partial charge < -0.3 is 14.8 Å². The zero-order valence-corrected chi connectivity index (χ0v) is 15.3. The lowest BCUT2D eigenvalue weighted by Gasteiger charge is -2.18. The highest BCUT2D eigenvalue weighted by atomic mass is 32.2. The Bertz CT molecular complexity index is 716. The van der Waals surface area contributed by atoms with Crippen LogP contribution >= 0.6 is 0 Å². The van der Waals surface area contributed by atoms with Gasteiger partial charge in [0.05, 0.1) is 29.6 Å². The molecule has 0 unspecified atom stereocenters. The number of benzene rings is 1. The highest BCUT2D eigenvalue weighted by molar-refractivity contribution is 7.92. The predicted molar refractivity (Wildman–Crippen MR) is 90.2 cm³/mol. The summed E-state index contributed by atoms with van der Waals surface area (Å²) in [4.78, 5) is 12.1. The molecule has 26 heavy (non-hydrogen) atoms. The molecule has 0 spiro atoms. The van der Waals surface area contributed by atoms with E-state index < -0.39 is 34.0 Å². The average molecular weight is 398 g/mol. The Morgan fingerprint density at radius 1 is 1.15 bits per heavy atom. The molecule has 11 heteroatoms. The van der Waals surface area contributed by atoms with Gasteiger partial charge in [0.1, 0.15) is 0 Å². The smallest absolute Gasteiger partial charge is 0.352 e. The summed E-state index contributed by atoms with van der Waals surface area (Å²) in [5, 5.41) is 2.27. The highest BCUT2D eigenvalue weighted by Gasteiger charge is 2.31. The molecule has 7 nitrogen and oxygen atoms in total. The number of carbonyl (C=O) groups excluding carboxylic acids is 1. The van der Waals surface area contributed by atoms with Gasteiger partial charge in [-0.2, -0.15) is 13.2 Å². The molecule has 0 aromatic heterocycles. The number of carbonyl (C=O) groups is 1.